The van der Waals surface area contributed by atoms with Gasteiger partial charge in [-0.05, 0) is 24.1 Å². The van der Waals surface area contributed by atoms with Gasteiger partial charge in [0.05, 0.1) is 0 Å². The van der Waals surface area contributed by atoms with Crippen LogP contribution in [0.2, 0.25) is 0 Å². The monoisotopic (exact) mass is 258 g/mol. The molecule has 1 heterocycles. The number of nitrogens with one attached hydrogen (secondary N) is 1. The smallest absolute Gasteiger partial charge is 0.194 e. The molecular weight excluding hydrogens is 241 g/mol. The molecule has 0 aliphatic carbocycles. The number of nitrogens with zero attached hydrogens (tertiary/aromatic N) is 1. The van der Waals surface area contributed by atoms with E-state index >= 15 is 0 Å². The predicted molar refractivity (Wildman–Crippen MR) is 63.8 cm³/mol. The van der Waals surface area contributed by atoms with Crippen LogP contribution >= 0.6 is 0 Å². The summed E-state index contributed by atoms with van der Waals surface area (Å²) in [6.07, 6.45) is 0.741. The number of halogens is 3. The van der Waals surface area contributed by atoms with Crippen molar-refractivity contribution in [1.29, 1.82) is 0 Å². The molecule has 2 rings (SSSR count). The summed E-state index contributed by atoms with van der Waals surface area (Å²) >= 11 is 0. The zero-order chi connectivity index (χ0) is 13.1. The minimum absolute atomic E-state index is 0.0586. The first-order valence-corrected chi connectivity index (χ1v) is 6.22. The normalized spacial score (nSPS) is 18.9. The van der Waals surface area contributed by atoms with E-state index < -0.39 is 17.5 Å². The number of rotatable bonds is 3. The maximum atomic E-state index is 13.3. The lowest BCUT2D eigenvalue weighted by Gasteiger charge is -2.34. The number of hydrogen-bond donors (Lipinski definition) is 1. The number of benzene rings is 1. The highest BCUT2D eigenvalue weighted by Gasteiger charge is 2.23. The van der Waals surface area contributed by atoms with Gasteiger partial charge in [-0.15, -0.1) is 0 Å². The molecule has 0 spiro atoms. The van der Waals surface area contributed by atoms with E-state index in [0.29, 0.717) is 5.56 Å². The quantitative estimate of drug-likeness (QED) is 0.838. The Morgan fingerprint density at radius 1 is 1.17 bits per heavy atom. The highest BCUT2D eigenvalue weighted by atomic mass is 19.2. The van der Waals surface area contributed by atoms with Gasteiger partial charge in [0.2, 0.25) is 0 Å². The second-order valence-corrected chi connectivity index (χ2v) is 4.51. The maximum Gasteiger partial charge on any atom is 0.194 e. The SMILES string of the molecule is CC[C@@H](c1cc(F)c(F)c(F)c1)N1CCNCC1. The summed E-state index contributed by atoms with van der Waals surface area (Å²) in [5, 5.41) is 3.23. The van der Waals surface area contributed by atoms with Crippen LogP contribution in [-0.2, 0) is 0 Å². The largest absolute Gasteiger partial charge is 0.314 e. The van der Waals surface area contributed by atoms with Gasteiger partial charge >= 0.3 is 0 Å². The van der Waals surface area contributed by atoms with Crippen LogP contribution in [-0.4, -0.2) is 31.1 Å². The van der Waals surface area contributed by atoms with Gasteiger partial charge in [-0.3, -0.25) is 4.90 Å². The molecule has 0 aromatic heterocycles. The fraction of sp³-hybridized carbons (Fsp3) is 0.538. The lowest BCUT2D eigenvalue weighted by molar-refractivity contribution is 0.168. The molecule has 100 valence electrons. The van der Waals surface area contributed by atoms with Gasteiger partial charge in [-0.2, -0.15) is 0 Å². The molecular formula is C13H17F3N2. The van der Waals surface area contributed by atoms with Crippen molar-refractivity contribution in [3.63, 3.8) is 0 Å². The van der Waals surface area contributed by atoms with Crippen LogP contribution in [0.3, 0.4) is 0 Å². The van der Waals surface area contributed by atoms with E-state index in [-0.39, 0.29) is 6.04 Å². The van der Waals surface area contributed by atoms with Crippen LogP contribution in [0.1, 0.15) is 24.9 Å². The third kappa shape index (κ3) is 2.67. The molecule has 0 unspecified atom stereocenters. The third-order valence-corrected chi connectivity index (χ3v) is 3.37. The molecule has 1 aromatic rings. The lowest BCUT2D eigenvalue weighted by Crippen LogP contribution is -2.45. The third-order valence-electron chi connectivity index (χ3n) is 3.37. The highest BCUT2D eigenvalue weighted by Crippen LogP contribution is 2.27. The summed E-state index contributed by atoms with van der Waals surface area (Å²) in [5.41, 5.74) is 0.510. The van der Waals surface area contributed by atoms with E-state index in [1.54, 1.807) is 0 Å². The van der Waals surface area contributed by atoms with Crippen LogP contribution in [0.4, 0.5) is 13.2 Å². The van der Waals surface area contributed by atoms with E-state index in [2.05, 4.69) is 10.2 Å². The van der Waals surface area contributed by atoms with E-state index in [1.807, 2.05) is 6.92 Å². The van der Waals surface area contributed by atoms with Crippen molar-refractivity contribution in [2.75, 3.05) is 26.2 Å². The van der Waals surface area contributed by atoms with Crippen molar-refractivity contribution in [3.05, 3.63) is 35.1 Å². The van der Waals surface area contributed by atoms with Crippen molar-refractivity contribution in [2.24, 2.45) is 0 Å². The summed E-state index contributed by atoms with van der Waals surface area (Å²) < 4.78 is 39.5. The molecule has 1 aliphatic heterocycles. The molecule has 1 atom stereocenters. The first kappa shape index (κ1) is 13.4. The average Bonchev–Trinajstić information content (AvgIpc) is 2.38. The molecule has 1 aromatic carbocycles. The maximum absolute atomic E-state index is 13.3. The molecule has 0 radical (unpaired) electrons. The average molecular weight is 258 g/mol. The number of piperazine rings is 1. The predicted octanol–water partition coefficient (Wildman–Crippen LogP) is 2.46. The molecule has 2 nitrogen and oxygen atoms in total. The van der Waals surface area contributed by atoms with Crippen LogP contribution in [0.5, 0.6) is 0 Å². The Morgan fingerprint density at radius 3 is 2.22 bits per heavy atom. The Balaban J connectivity index is 2.26. The zero-order valence-corrected chi connectivity index (χ0v) is 10.3. The van der Waals surface area contributed by atoms with E-state index in [4.69, 9.17) is 0 Å². The summed E-state index contributed by atoms with van der Waals surface area (Å²) in [4.78, 5) is 2.17. The summed E-state index contributed by atoms with van der Waals surface area (Å²) in [5.74, 6) is -3.62. The van der Waals surface area contributed by atoms with E-state index in [1.165, 1.54) is 0 Å². The van der Waals surface area contributed by atoms with Gasteiger partial charge in [-0.25, -0.2) is 13.2 Å². The Bertz CT molecular complexity index is 394. The Kier molecular flexibility index (Phi) is 4.24. The van der Waals surface area contributed by atoms with Gasteiger partial charge in [-0.1, -0.05) is 6.92 Å². The summed E-state index contributed by atoms with van der Waals surface area (Å²) in [7, 11) is 0. The van der Waals surface area contributed by atoms with Gasteiger partial charge in [0.15, 0.2) is 17.5 Å². The molecule has 1 saturated heterocycles. The second-order valence-electron chi connectivity index (χ2n) is 4.51. The summed E-state index contributed by atoms with van der Waals surface area (Å²) in [6, 6.07) is 2.15. The molecule has 0 bridgehead atoms. The van der Waals surface area contributed by atoms with Gasteiger partial charge in [0, 0.05) is 32.2 Å². The second kappa shape index (κ2) is 5.71. The van der Waals surface area contributed by atoms with Crippen LogP contribution < -0.4 is 5.32 Å². The molecule has 18 heavy (non-hydrogen) atoms. The standard InChI is InChI=1S/C13H17F3N2/c1-2-12(18-5-3-17-4-6-18)9-7-10(14)13(16)11(15)8-9/h7-8,12,17H,2-6H2,1H3/t12-/m0/s1. The Hall–Kier alpha value is -1.07. The van der Waals surface area contributed by atoms with Crippen molar-refractivity contribution < 1.29 is 13.2 Å². The van der Waals surface area contributed by atoms with Crippen LogP contribution in [0, 0.1) is 17.5 Å². The first-order valence-electron chi connectivity index (χ1n) is 6.22. The Morgan fingerprint density at radius 2 is 1.72 bits per heavy atom. The summed E-state index contributed by atoms with van der Waals surface area (Å²) in [6.45, 7) is 5.36. The fourth-order valence-electron chi connectivity index (χ4n) is 2.47. The van der Waals surface area contributed by atoms with Gasteiger partial charge < -0.3 is 5.32 Å². The van der Waals surface area contributed by atoms with Gasteiger partial charge in [0.25, 0.3) is 0 Å². The van der Waals surface area contributed by atoms with Crippen molar-refractivity contribution in [2.45, 2.75) is 19.4 Å². The first-order chi connectivity index (χ1) is 8.63. The Labute approximate surface area is 105 Å². The van der Waals surface area contributed by atoms with Crippen molar-refractivity contribution >= 4 is 0 Å². The van der Waals surface area contributed by atoms with E-state index in [9.17, 15) is 13.2 Å². The number of hydrogen-bond acceptors (Lipinski definition) is 2. The van der Waals surface area contributed by atoms with Crippen LogP contribution in [0.25, 0.3) is 0 Å². The molecule has 0 amide bonds. The zero-order valence-electron chi connectivity index (χ0n) is 10.3. The minimum atomic E-state index is -1.39. The van der Waals surface area contributed by atoms with Crippen molar-refractivity contribution in [3.8, 4) is 0 Å². The molecule has 1 N–H and O–H groups in total. The highest BCUT2D eigenvalue weighted by molar-refractivity contribution is 5.23. The van der Waals surface area contributed by atoms with Crippen LogP contribution in [0.15, 0.2) is 12.1 Å². The van der Waals surface area contributed by atoms with E-state index in [0.717, 1.165) is 44.7 Å². The minimum Gasteiger partial charge on any atom is -0.314 e. The molecule has 0 saturated carbocycles. The molecule has 5 heteroatoms. The van der Waals surface area contributed by atoms with Crippen molar-refractivity contribution in [1.82, 2.24) is 10.2 Å². The van der Waals surface area contributed by atoms with Gasteiger partial charge in [0.1, 0.15) is 0 Å². The lowest BCUT2D eigenvalue weighted by atomic mass is 10.0. The topological polar surface area (TPSA) is 15.3 Å². The fourth-order valence-corrected chi connectivity index (χ4v) is 2.47. The molecule has 1 aliphatic rings. The molecule has 1 fully saturated rings.